The van der Waals surface area contributed by atoms with E-state index in [4.69, 9.17) is 11.6 Å². The molecule has 10 heteroatoms. The number of hydrogen-bond donors (Lipinski definition) is 2. The van der Waals surface area contributed by atoms with Gasteiger partial charge in [0.1, 0.15) is 10.6 Å². The molecule has 2 N–H and O–H groups in total. The number of rotatable bonds is 4. The van der Waals surface area contributed by atoms with Crippen molar-refractivity contribution in [1.29, 1.82) is 0 Å². The molecule has 0 bridgehead atoms. The molecule has 0 amide bonds. The zero-order valence-electron chi connectivity index (χ0n) is 10.1. The number of sulfonamides is 1. The third-order valence-corrected chi connectivity index (χ3v) is 4.19. The first-order valence-electron chi connectivity index (χ1n) is 5.28. The van der Waals surface area contributed by atoms with Crippen LogP contribution < -0.4 is 4.72 Å². The van der Waals surface area contributed by atoms with Crippen molar-refractivity contribution in [3.8, 4) is 0 Å². The van der Waals surface area contributed by atoms with Crippen LogP contribution in [0.25, 0.3) is 0 Å². The van der Waals surface area contributed by atoms with Gasteiger partial charge in [0.05, 0.1) is 16.8 Å². The third kappa shape index (κ3) is 2.73. The smallest absolute Gasteiger partial charge is 0.281 e. The summed E-state index contributed by atoms with van der Waals surface area (Å²) in [6.07, 6.45) is 1.12. The minimum Gasteiger partial charge on any atom is -0.281 e. The van der Waals surface area contributed by atoms with Crippen molar-refractivity contribution in [3.05, 3.63) is 45.2 Å². The number of halogens is 1. The minimum absolute atomic E-state index is 0.0910. The molecule has 1 aromatic carbocycles. The topological polar surface area (TPSA) is 118 Å². The molecule has 1 aromatic heterocycles. The zero-order chi connectivity index (χ0) is 14.9. The molecule has 0 aliphatic rings. The van der Waals surface area contributed by atoms with Crippen LogP contribution in [0.2, 0.25) is 5.02 Å². The molecule has 0 atom stereocenters. The Hall–Kier alpha value is -2.13. The maximum Gasteiger partial charge on any atom is 0.293 e. The van der Waals surface area contributed by atoms with E-state index in [1.807, 2.05) is 0 Å². The van der Waals surface area contributed by atoms with E-state index in [-0.39, 0.29) is 21.3 Å². The van der Waals surface area contributed by atoms with E-state index in [0.717, 1.165) is 12.3 Å². The summed E-state index contributed by atoms with van der Waals surface area (Å²) in [6.45, 7) is 1.52. The van der Waals surface area contributed by atoms with E-state index >= 15 is 0 Å². The maximum absolute atomic E-state index is 12.1. The Kier molecular flexibility index (Phi) is 3.64. The first-order valence-corrected chi connectivity index (χ1v) is 7.14. The summed E-state index contributed by atoms with van der Waals surface area (Å²) in [4.78, 5) is 10.1. The van der Waals surface area contributed by atoms with Gasteiger partial charge in [0.15, 0.2) is 0 Å². The van der Waals surface area contributed by atoms with Gasteiger partial charge in [-0.3, -0.25) is 19.9 Å². The minimum atomic E-state index is -3.98. The number of aromatic amines is 1. The van der Waals surface area contributed by atoms with Gasteiger partial charge in [-0.25, -0.2) is 8.42 Å². The molecule has 0 radical (unpaired) electrons. The van der Waals surface area contributed by atoms with Gasteiger partial charge in [0.2, 0.25) is 0 Å². The van der Waals surface area contributed by atoms with E-state index < -0.39 is 14.9 Å². The molecule has 2 aromatic rings. The van der Waals surface area contributed by atoms with Crippen molar-refractivity contribution in [2.75, 3.05) is 4.72 Å². The third-order valence-electron chi connectivity index (χ3n) is 2.47. The van der Waals surface area contributed by atoms with Crippen LogP contribution in [0.3, 0.4) is 0 Å². The van der Waals surface area contributed by atoms with E-state index in [2.05, 4.69) is 14.9 Å². The molecule has 1 heterocycles. The van der Waals surface area contributed by atoms with Crippen molar-refractivity contribution in [1.82, 2.24) is 10.2 Å². The molecule has 0 aliphatic heterocycles. The predicted molar refractivity (Wildman–Crippen MR) is 72.2 cm³/mol. The van der Waals surface area contributed by atoms with Crippen LogP contribution >= 0.6 is 11.6 Å². The second kappa shape index (κ2) is 5.10. The van der Waals surface area contributed by atoms with E-state index in [1.54, 1.807) is 0 Å². The number of benzene rings is 1. The number of nitrogens with zero attached hydrogens (tertiary/aromatic N) is 2. The number of hydrogen-bond acceptors (Lipinski definition) is 5. The van der Waals surface area contributed by atoms with Crippen molar-refractivity contribution in [2.24, 2.45) is 0 Å². The molecular formula is C10H9ClN4O4S. The second-order valence-corrected chi connectivity index (χ2v) is 5.97. The molecule has 0 saturated heterocycles. The van der Waals surface area contributed by atoms with Crippen LogP contribution in [0.1, 0.15) is 5.69 Å². The Morgan fingerprint density at radius 2 is 2.15 bits per heavy atom. The summed E-state index contributed by atoms with van der Waals surface area (Å²) in [6, 6.07) is 3.61. The molecule has 0 unspecified atom stereocenters. The molecule has 0 fully saturated rings. The number of H-pyrrole nitrogens is 1. The molecule has 2 rings (SSSR count). The summed E-state index contributed by atoms with van der Waals surface area (Å²) >= 11 is 5.73. The van der Waals surface area contributed by atoms with Gasteiger partial charge < -0.3 is 0 Å². The van der Waals surface area contributed by atoms with Gasteiger partial charge in [-0.2, -0.15) is 5.10 Å². The normalized spacial score (nSPS) is 11.3. The number of aryl methyl sites for hydroxylation is 1. The van der Waals surface area contributed by atoms with E-state index in [9.17, 15) is 18.5 Å². The Labute approximate surface area is 119 Å². The fourth-order valence-corrected chi connectivity index (χ4v) is 2.93. The molecule has 106 valence electrons. The van der Waals surface area contributed by atoms with Crippen LogP contribution in [-0.4, -0.2) is 23.5 Å². The Balaban J connectivity index is 2.47. The van der Waals surface area contributed by atoms with Crippen LogP contribution in [0, 0.1) is 17.0 Å². The lowest BCUT2D eigenvalue weighted by atomic mass is 10.3. The van der Waals surface area contributed by atoms with Gasteiger partial charge in [0.25, 0.3) is 15.7 Å². The highest BCUT2D eigenvalue weighted by molar-refractivity contribution is 7.92. The number of aromatic nitrogens is 2. The Bertz CT molecular complexity index is 771. The van der Waals surface area contributed by atoms with Gasteiger partial charge in [-0.1, -0.05) is 11.6 Å². The molecule has 20 heavy (non-hydrogen) atoms. The summed E-state index contributed by atoms with van der Waals surface area (Å²) < 4.78 is 26.4. The van der Waals surface area contributed by atoms with E-state index in [0.29, 0.717) is 5.69 Å². The Morgan fingerprint density at radius 1 is 1.45 bits per heavy atom. The van der Waals surface area contributed by atoms with Crippen LogP contribution in [-0.2, 0) is 10.0 Å². The highest BCUT2D eigenvalue weighted by Crippen LogP contribution is 2.29. The summed E-state index contributed by atoms with van der Waals surface area (Å²) in [5.74, 6) is 0. The fraction of sp³-hybridized carbons (Fsp3) is 0.100. The zero-order valence-corrected chi connectivity index (χ0v) is 11.7. The average Bonchev–Trinajstić information content (AvgIpc) is 2.75. The first-order chi connectivity index (χ1) is 9.31. The molecule has 0 aliphatic carbocycles. The van der Waals surface area contributed by atoms with Crippen molar-refractivity contribution in [3.63, 3.8) is 0 Å². The molecular weight excluding hydrogens is 308 g/mol. The largest absolute Gasteiger partial charge is 0.293 e. The molecule has 0 saturated carbocycles. The van der Waals surface area contributed by atoms with Gasteiger partial charge in [0, 0.05) is 11.1 Å². The predicted octanol–water partition coefficient (Wildman–Crippen LogP) is 2.08. The van der Waals surface area contributed by atoms with Gasteiger partial charge >= 0.3 is 0 Å². The van der Waals surface area contributed by atoms with Crippen LogP contribution in [0.4, 0.5) is 11.4 Å². The monoisotopic (exact) mass is 316 g/mol. The summed E-state index contributed by atoms with van der Waals surface area (Å²) in [5, 5.41) is 17.1. The number of anilines is 1. The number of nitrogens with one attached hydrogen (secondary N) is 2. The average molecular weight is 317 g/mol. The number of nitro groups is 1. The quantitative estimate of drug-likeness (QED) is 0.661. The fourth-order valence-electron chi connectivity index (χ4n) is 1.56. The van der Waals surface area contributed by atoms with Gasteiger partial charge in [-0.05, 0) is 19.1 Å². The van der Waals surface area contributed by atoms with Crippen molar-refractivity contribution < 1.29 is 13.3 Å². The Morgan fingerprint density at radius 3 is 2.70 bits per heavy atom. The van der Waals surface area contributed by atoms with Crippen LogP contribution in [0.5, 0.6) is 0 Å². The summed E-state index contributed by atoms with van der Waals surface area (Å²) in [5.41, 5.74) is -0.274. The standard InChI is InChI=1S/C10H9ClN4O4S/c1-6-10(5-12-13-6)20(18,19)14-8-4-7(11)2-3-9(8)15(16)17/h2-5,14H,1H3,(H,12,13). The SMILES string of the molecule is Cc1[nH]ncc1S(=O)(=O)Nc1cc(Cl)ccc1[N+](=O)[O-]. The van der Waals surface area contributed by atoms with Gasteiger partial charge in [-0.15, -0.1) is 0 Å². The molecule has 8 nitrogen and oxygen atoms in total. The lowest BCUT2D eigenvalue weighted by molar-refractivity contribution is -0.383. The second-order valence-electron chi connectivity index (χ2n) is 3.88. The molecule has 0 spiro atoms. The van der Waals surface area contributed by atoms with Crippen molar-refractivity contribution >= 4 is 33.0 Å². The lowest BCUT2D eigenvalue weighted by Gasteiger charge is -2.08. The number of nitro benzene ring substituents is 1. The highest BCUT2D eigenvalue weighted by atomic mass is 35.5. The highest BCUT2D eigenvalue weighted by Gasteiger charge is 2.23. The summed E-state index contributed by atoms with van der Waals surface area (Å²) in [7, 11) is -3.98. The maximum atomic E-state index is 12.1. The van der Waals surface area contributed by atoms with Crippen LogP contribution in [0.15, 0.2) is 29.3 Å². The lowest BCUT2D eigenvalue weighted by Crippen LogP contribution is -2.14. The first kappa shape index (κ1) is 14.3. The van der Waals surface area contributed by atoms with E-state index in [1.165, 1.54) is 19.1 Å². The van der Waals surface area contributed by atoms with Crippen molar-refractivity contribution in [2.45, 2.75) is 11.8 Å².